The molecule has 0 spiro atoms. The highest BCUT2D eigenvalue weighted by molar-refractivity contribution is 5.35. The highest BCUT2D eigenvalue weighted by Crippen LogP contribution is 2.34. The van der Waals surface area contributed by atoms with Gasteiger partial charge in [-0.25, -0.2) is 0 Å². The Balaban J connectivity index is 3.02. The molecule has 0 fully saturated rings. The van der Waals surface area contributed by atoms with Crippen molar-refractivity contribution in [2.75, 3.05) is 0 Å². The first-order valence-electron chi connectivity index (χ1n) is 4.46. The zero-order valence-electron chi connectivity index (χ0n) is 8.41. The lowest BCUT2D eigenvalue weighted by Crippen LogP contribution is -2.26. The normalized spacial score (nSPS) is 14.2. The Morgan fingerprint density at radius 2 is 1.77 bits per heavy atom. The third kappa shape index (κ3) is 2.22. The molecule has 72 valence electrons. The van der Waals surface area contributed by atoms with E-state index in [0.29, 0.717) is 0 Å². The first-order chi connectivity index (χ1) is 5.93. The third-order valence-electron chi connectivity index (χ3n) is 2.20. The number of hydrogen-bond donors (Lipinski definition) is 2. The summed E-state index contributed by atoms with van der Waals surface area (Å²) in [7, 11) is 0. The summed E-state index contributed by atoms with van der Waals surface area (Å²) < 4.78 is 0. The molecule has 0 aliphatic rings. The van der Waals surface area contributed by atoms with E-state index < -0.39 is 0 Å². The monoisotopic (exact) mass is 179 g/mol. The number of phenolic OH excluding ortho intramolecular Hbond substituents is 1. The molecule has 0 saturated heterocycles. The Morgan fingerprint density at radius 3 is 2.23 bits per heavy atom. The summed E-state index contributed by atoms with van der Waals surface area (Å²) in [5.74, 6) is 0.282. The summed E-state index contributed by atoms with van der Waals surface area (Å²) in [6, 6.07) is 7.09. The average molecular weight is 179 g/mol. The fourth-order valence-corrected chi connectivity index (χ4v) is 1.22. The van der Waals surface area contributed by atoms with Crippen LogP contribution in [0.1, 0.15) is 32.4 Å². The van der Waals surface area contributed by atoms with Crippen molar-refractivity contribution in [3.8, 4) is 5.75 Å². The molecule has 0 bridgehead atoms. The van der Waals surface area contributed by atoms with Crippen LogP contribution in [0.15, 0.2) is 24.3 Å². The lowest BCUT2D eigenvalue weighted by Gasteiger charge is -2.27. The van der Waals surface area contributed by atoms with Crippen molar-refractivity contribution in [3.05, 3.63) is 29.8 Å². The molecule has 1 rings (SSSR count). The molecule has 0 radical (unpaired) electrons. The molecule has 0 aromatic heterocycles. The van der Waals surface area contributed by atoms with Crippen molar-refractivity contribution in [1.82, 2.24) is 0 Å². The SMILES string of the molecule is CC(C)(C)[C@H](N)c1ccccc1O. The quantitative estimate of drug-likeness (QED) is 0.695. The minimum absolute atomic E-state index is 0.0289. The first-order valence-corrected chi connectivity index (χ1v) is 4.46. The second-order valence-electron chi connectivity index (χ2n) is 4.40. The molecule has 3 N–H and O–H groups in total. The van der Waals surface area contributed by atoms with Crippen LogP contribution < -0.4 is 5.73 Å². The third-order valence-corrected chi connectivity index (χ3v) is 2.20. The highest BCUT2D eigenvalue weighted by Gasteiger charge is 2.23. The van der Waals surface area contributed by atoms with Gasteiger partial charge in [-0.1, -0.05) is 39.0 Å². The van der Waals surface area contributed by atoms with Crippen LogP contribution in [-0.4, -0.2) is 5.11 Å². The Bertz CT molecular complexity index is 288. The predicted molar refractivity (Wildman–Crippen MR) is 54.5 cm³/mol. The second kappa shape index (κ2) is 3.38. The first kappa shape index (κ1) is 10.1. The topological polar surface area (TPSA) is 46.2 Å². The van der Waals surface area contributed by atoms with E-state index in [1.807, 2.05) is 12.1 Å². The number of phenols is 1. The van der Waals surface area contributed by atoms with Crippen LogP contribution in [0.5, 0.6) is 5.75 Å². The highest BCUT2D eigenvalue weighted by atomic mass is 16.3. The maximum Gasteiger partial charge on any atom is 0.120 e. The van der Waals surface area contributed by atoms with Crippen molar-refractivity contribution in [1.29, 1.82) is 0 Å². The molecule has 0 amide bonds. The summed E-state index contributed by atoms with van der Waals surface area (Å²) in [6.45, 7) is 6.18. The Labute approximate surface area is 79.4 Å². The molecule has 0 saturated carbocycles. The molecule has 0 unspecified atom stereocenters. The van der Waals surface area contributed by atoms with Gasteiger partial charge in [0.2, 0.25) is 0 Å². The number of benzene rings is 1. The van der Waals surface area contributed by atoms with Crippen LogP contribution in [0.4, 0.5) is 0 Å². The zero-order valence-corrected chi connectivity index (χ0v) is 8.41. The Hall–Kier alpha value is -1.02. The fourth-order valence-electron chi connectivity index (χ4n) is 1.22. The second-order valence-corrected chi connectivity index (χ2v) is 4.40. The van der Waals surface area contributed by atoms with Crippen LogP contribution in [0.25, 0.3) is 0 Å². The Morgan fingerprint density at radius 1 is 1.23 bits per heavy atom. The molecule has 0 aliphatic carbocycles. The lowest BCUT2D eigenvalue weighted by molar-refractivity contribution is 0.317. The van der Waals surface area contributed by atoms with E-state index in [9.17, 15) is 5.11 Å². The summed E-state index contributed by atoms with van der Waals surface area (Å²) in [5, 5.41) is 9.56. The number of aromatic hydroxyl groups is 1. The summed E-state index contributed by atoms with van der Waals surface area (Å²) >= 11 is 0. The van der Waals surface area contributed by atoms with Gasteiger partial charge in [-0.15, -0.1) is 0 Å². The van der Waals surface area contributed by atoms with Gasteiger partial charge >= 0.3 is 0 Å². The summed E-state index contributed by atoms with van der Waals surface area (Å²) in [5.41, 5.74) is 6.80. The van der Waals surface area contributed by atoms with Gasteiger partial charge in [0.1, 0.15) is 5.75 Å². The molecular weight excluding hydrogens is 162 g/mol. The van der Waals surface area contributed by atoms with E-state index in [2.05, 4.69) is 20.8 Å². The fraction of sp³-hybridized carbons (Fsp3) is 0.455. The Kier molecular flexibility index (Phi) is 2.62. The van der Waals surface area contributed by atoms with Gasteiger partial charge in [-0.3, -0.25) is 0 Å². The summed E-state index contributed by atoms with van der Waals surface area (Å²) in [6.07, 6.45) is 0. The number of hydrogen-bond acceptors (Lipinski definition) is 2. The van der Waals surface area contributed by atoms with Gasteiger partial charge in [0, 0.05) is 11.6 Å². The van der Waals surface area contributed by atoms with Crippen LogP contribution in [0, 0.1) is 5.41 Å². The predicted octanol–water partition coefficient (Wildman–Crippen LogP) is 2.44. The van der Waals surface area contributed by atoms with E-state index in [0.717, 1.165) is 5.56 Å². The zero-order chi connectivity index (χ0) is 10.1. The molecule has 2 nitrogen and oxygen atoms in total. The summed E-state index contributed by atoms with van der Waals surface area (Å²) in [4.78, 5) is 0. The molecular formula is C11H17NO. The van der Waals surface area contributed by atoms with Crippen LogP contribution in [0.3, 0.4) is 0 Å². The number of para-hydroxylation sites is 1. The van der Waals surface area contributed by atoms with E-state index >= 15 is 0 Å². The van der Waals surface area contributed by atoms with E-state index in [-0.39, 0.29) is 17.2 Å². The smallest absolute Gasteiger partial charge is 0.120 e. The van der Waals surface area contributed by atoms with Crippen molar-refractivity contribution in [2.45, 2.75) is 26.8 Å². The van der Waals surface area contributed by atoms with Gasteiger partial charge in [-0.05, 0) is 11.5 Å². The maximum atomic E-state index is 9.56. The lowest BCUT2D eigenvalue weighted by atomic mass is 9.83. The largest absolute Gasteiger partial charge is 0.508 e. The maximum absolute atomic E-state index is 9.56. The minimum atomic E-state index is -0.131. The van der Waals surface area contributed by atoms with Crippen LogP contribution >= 0.6 is 0 Å². The molecule has 1 atom stereocenters. The van der Waals surface area contributed by atoms with Crippen LogP contribution in [-0.2, 0) is 0 Å². The van der Waals surface area contributed by atoms with Gasteiger partial charge in [0.15, 0.2) is 0 Å². The number of nitrogens with two attached hydrogens (primary N) is 1. The van der Waals surface area contributed by atoms with Gasteiger partial charge in [0.25, 0.3) is 0 Å². The molecule has 0 heterocycles. The molecule has 1 aromatic rings. The van der Waals surface area contributed by atoms with Gasteiger partial charge < -0.3 is 10.8 Å². The van der Waals surface area contributed by atoms with Gasteiger partial charge in [-0.2, -0.15) is 0 Å². The van der Waals surface area contributed by atoms with Crippen molar-refractivity contribution < 1.29 is 5.11 Å². The number of rotatable bonds is 1. The van der Waals surface area contributed by atoms with Crippen LogP contribution in [0.2, 0.25) is 0 Å². The van der Waals surface area contributed by atoms with Crippen molar-refractivity contribution >= 4 is 0 Å². The molecule has 0 aliphatic heterocycles. The average Bonchev–Trinajstić information content (AvgIpc) is 2.02. The molecule has 2 heteroatoms. The van der Waals surface area contributed by atoms with Crippen molar-refractivity contribution in [2.24, 2.45) is 11.1 Å². The van der Waals surface area contributed by atoms with Gasteiger partial charge in [0.05, 0.1) is 0 Å². The molecule has 13 heavy (non-hydrogen) atoms. The standard InChI is InChI=1S/C11H17NO/c1-11(2,3)10(12)8-6-4-5-7-9(8)13/h4-7,10,13H,12H2,1-3H3/t10-/m1/s1. The minimum Gasteiger partial charge on any atom is -0.508 e. The van der Waals surface area contributed by atoms with E-state index in [1.165, 1.54) is 0 Å². The van der Waals surface area contributed by atoms with Crippen molar-refractivity contribution in [3.63, 3.8) is 0 Å². The van der Waals surface area contributed by atoms with E-state index in [1.54, 1.807) is 12.1 Å². The van der Waals surface area contributed by atoms with E-state index in [4.69, 9.17) is 5.73 Å². The molecule has 1 aromatic carbocycles.